The third kappa shape index (κ3) is 2.72. The van der Waals surface area contributed by atoms with Gasteiger partial charge >= 0.3 is 0 Å². The summed E-state index contributed by atoms with van der Waals surface area (Å²) in [7, 11) is 1.63. The summed E-state index contributed by atoms with van der Waals surface area (Å²) in [6, 6.07) is 7.16. The lowest BCUT2D eigenvalue weighted by Crippen LogP contribution is -2.31. The lowest BCUT2D eigenvalue weighted by atomic mass is 10.1. The van der Waals surface area contributed by atoms with Crippen LogP contribution in [0.4, 0.5) is 0 Å². The number of aryl methyl sites for hydroxylation is 1. The predicted molar refractivity (Wildman–Crippen MR) is 74.9 cm³/mol. The van der Waals surface area contributed by atoms with Gasteiger partial charge in [0.25, 0.3) is 0 Å². The first kappa shape index (κ1) is 13.5. The summed E-state index contributed by atoms with van der Waals surface area (Å²) in [4.78, 5) is 15.1. The second-order valence-electron chi connectivity index (χ2n) is 5.09. The highest BCUT2D eigenvalue weighted by atomic mass is 16.6. The van der Waals surface area contributed by atoms with Crippen molar-refractivity contribution in [3.8, 4) is 5.75 Å². The van der Waals surface area contributed by atoms with Crippen molar-refractivity contribution in [2.24, 2.45) is 0 Å². The van der Waals surface area contributed by atoms with Crippen LogP contribution in [0.25, 0.3) is 0 Å². The topological polar surface area (TPSA) is 83.1 Å². The molecule has 0 spiro atoms. The lowest BCUT2D eigenvalue weighted by molar-refractivity contribution is -0.527. The highest BCUT2D eigenvalue weighted by molar-refractivity contribution is 5.35. The molecule has 2 heterocycles. The number of methoxy groups -OCH3 is 1. The zero-order chi connectivity index (χ0) is 14.8. The van der Waals surface area contributed by atoms with Crippen LogP contribution >= 0.6 is 0 Å². The summed E-state index contributed by atoms with van der Waals surface area (Å²) in [6.45, 7) is 0.307. The number of nitrogens with zero attached hydrogens (tertiary/aromatic N) is 4. The van der Waals surface area contributed by atoms with E-state index in [-0.39, 0.29) is 4.92 Å². The lowest BCUT2D eigenvalue weighted by Gasteiger charge is -2.15. The van der Waals surface area contributed by atoms with Crippen molar-refractivity contribution in [1.29, 1.82) is 0 Å². The molecule has 0 bridgehead atoms. The quantitative estimate of drug-likeness (QED) is 0.628. The largest absolute Gasteiger partial charge is 0.496 e. The molecule has 7 nitrogen and oxygen atoms in total. The molecule has 1 aromatic carbocycles. The van der Waals surface area contributed by atoms with E-state index in [4.69, 9.17) is 4.74 Å². The normalized spacial score (nSPS) is 17.3. The number of nitro groups is 1. The first-order valence-electron chi connectivity index (χ1n) is 6.85. The SMILES string of the molecule is COc1ccccc1Cc1nc2n(n1)CC([N+](=O)[O-])CC2. The molecule has 0 amide bonds. The Hall–Kier alpha value is -2.44. The molecule has 3 rings (SSSR count). The zero-order valence-electron chi connectivity index (χ0n) is 11.7. The Morgan fingerprint density at radius 2 is 2.29 bits per heavy atom. The first-order chi connectivity index (χ1) is 10.2. The molecular weight excluding hydrogens is 272 g/mol. The minimum absolute atomic E-state index is 0.232. The van der Waals surface area contributed by atoms with Gasteiger partial charge in [-0.05, 0) is 6.07 Å². The number of fused-ring (bicyclic) bond motifs is 1. The second-order valence-corrected chi connectivity index (χ2v) is 5.09. The third-order valence-corrected chi connectivity index (χ3v) is 3.72. The Morgan fingerprint density at radius 1 is 1.48 bits per heavy atom. The number of hydrogen-bond donors (Lipinski definition) is 0. The fraction of sp³-hybridized carbons (Fsp3) is 0.429. The Balaban J connectivity index is 1.81. The van der Waals surface area contributed by atoms with E-state index in [1.807, 2.05) is 24.3 Å². The van der Waals surface area contributed by atoms with E-state index in [2.05, 4.69) is 10.1 Å². The fourth-order valence-corrected chi connectivity index (χ4v) is 2.61. The molecule has 0 saturated heterocycles. The Bertz CT molecular complexity index is 668. The molecule has 110 valence electrons. The molecule has 0 N–H and O–H groups in total. The molecule has 21 heavy (non-hydrogen) atoms. The Morgan fingerprint density at radius 3 is 3.05 bits per heavy atom. The van der Waals surface area contributed by atoms with Crippen LogP contribution in [0, 0.1) is 10.1 Å². The van der Waals surface area contributed by atoms with E-state index in [9.17, 15) is 10.1 Å². The van der Waals surface area contributed by atoms with Gasteiger partial charge in [0.05, 0.1) is 7.11 Å². The van der Waals surface area contributed by atoms with Crippen LogP contribution in [0.15, 0.2) is 24.3 Å². The maximum Gasteiger partial charge on any atom is 0.232 e. The van der Waals surface area contributed by atoms with Gasteiger partial charge in [-0.25, -0.2) is 9.67 Å². The molecule has 0 saturated carbocycles. The van der Waals surface area contributed by atoms with Crippen LogP contribution < -0.4 is 4.74 Å². The van der Waals surface area contributed by atoms with E-state index in [1.54, 1.807) is 11.8 Å². The summed E-state index contributed by atoms with van der Waals surface area (Å²) in [5.74, 6) is 2.31. The molecule has 0 aliphatic carbocycles. The van der Waals surface area contributed by atoms with Gasteiger partial charge in [-0.1, -0.05) is 18.2 Å². The summed E-state index contributed by atoms with van der Waals surface area (Å²) >= 11 is 0. The summed E-state index contributed by atoms with van der Waals surface area (Å²) in [5, 5.41) is 15.3. The van der Waals surface area contributed by atoms with Gasteiger partial charge in [0.15, 0.2) is 5.82 Å². The Labute approximate surface area is 121 Å². The van der Waals surface area contributed by atoms with Gasteiger partial charge in [-0.3, -0.25) is 10.1 Å². The van der Waals surface area contributed by atoms with Crippen molar-refractivity contribution in [2.75, 3.05) is 7.11 Å². The van der Waals surface area contributed by atoms with E-state index in [0.717, 1.165) is 17.1 Å². The first-order valence-corrected chi connectivity index (χ1v) is 6.85. The van der Waals surface area contributed by atoms with Crippen molar-refractivity contribution in [2.45, 2.75) is 31.8 Å². The highest BCUT2D eigenvalue weighted by Gasteiger charge is 2.29. The Kier molecular flexibility index (Phi) is 3.55. The maximum atomic E-state index is 10.9. The van der Waals surface area contributed by atoms with E-state index < -0.39 is 6.04 Å². The van der Waals surface area contributed by atoms with Gasteiger partial charge < -0.3 is 4.74 Å². The van der Waals surface area contributed by atoms with E-state index >= 15 is 0 Å². The number of hydrogen-bond acceptors (Lipinski definition) is 5. The number of ether oxygens (including phenoxy) is 1. The number of para-hydroxylation sites is 1. The van der Waals surface area contributed by atoms with Crippen LogP contribution in [0.2, 0.25) is 0 Å². The highest BCUT2D eigenvalue weighted by Crippen LogP contribution is 2.21. The summed E-state index contributed by atoms with van der Waals surface area (Å²) in [6.07, 6.45) is 1.69. The molecule has 0 fully saturated rings. The summed E-state index contributed by atoms with van der Waals surface area (Å²) in [5.41, 5.74) is 1.01. The molecule has 1 unspecified atom stereocenters. The number of rotatable bonds is 4. The minimum Gasteiger partial charge on any atom is -0.496 e. The van der Waals surface area contributed by atoms with Crippen LogP contribution in [-0.4, -0.2) is 32.8 Å². The second kappa shape index (κ2) is 5.51. The van der Waals surface area contributed by atoms with Gasteiger partial charge in [-0.2, -0.15) is 5.10 Å². The van der Waals surface area contributed by atoms with Gasteiger partial charge in [0.1, 0.15) is 18.1 Å². The van der Waals surface area contributed by atoms with Gasteiger partial charge in [-0.15, -0.1) is 0 Å². The predicted octanol–water partition coefficient (Wildman–Crippen LogP) is 1.47. The molecule has 1 aliphatic heterocycles. The van der Waals surface area contributed by atoms with Crippen molar-refractivity contribution >= 4 is 0 Å². The number of aromatic nitrogens is 3. The van der Waals surface area contributed by atoms with Gasteiger partial charge in [0.2, 0.25) is 6.04 Å². The minimum atomic E-state index is -0.557. The van der Waals surface area contributed by atoms with Crippen molar-refractivity contribution < 1.29 is 9.66 Å². The molecule has 0 radical (unpaired) electrons. The van der Waals surface area contributed by atoms with Crippen LogP contribution in [-0.2, 0) is 19.4 Å². The smallest absolute Gasteiger partial charge is 0.232 e. The molecule has 7 heteroatoms. The maximum absolute atomic E-state index is 10.9. The average Bonchev–Trinajstić information content (AvgIpc) is 2.89. The van der Waals surface area contributed by atoms with Crippen LogP contribution in [0.5, 0.6) is 5.75 Å². The van der Waals surface area contributed by atoms with Crippen molar-refractivity contribution in [3.05, 3.63) is 51.6 Å². The molecular formula is C14H16N4O3. The standard InChI is InChI=1S/C14H16N4O3/c1-21-12-5-3-2-4-10(12)8-13-15-14-7-6-11(18(19)20)9-17(14)16-13/h2-5,11H,6-9H2,1H3. The molecule has 1 aromatic heterocycles. The third-order valence-electron chi connectivity index (χ3n) is 3.72. The summed E-state index contributed by atoms with van der Waals surface area (Å²) < 4.78 is 6.98. The number of benzene rings is 1. The van der Waals surface area contributed by atoms with Crippen molar-refractivity contribution in [3.63, 3.8) is 0 Å². The molecule has 1 aliphatic rings. The fourth-order valence-electron chi connectivity index (χ4n) is 2.61. The molecule has 1 atom stereocenters. The van der Waals surface area contributed by atoms with E-state index in [1.165, 1.54) is 0 Å². The average molecular weight is 288 g/mol. The molecule has 2 aromatic rings. The monoisotopic (exact) mass is 288 g/mol. The van der Waals surface area contributed by atoms with Gasteiger partial charge in [0, 0.05) is 29.7 Å². The van der Waals surface area contributed by atoms with Crippen molar-refractivity contribution in [1.82, 2.24) is 14.8 Å². The van der Waals surface area contributed by atoms with E-state index in [0.29, 0.717) is 31.6 Å². The van der Waals surface area contributed by atoms with Crippen LogP contribution in [0.1, 0.15) is 23.6 Å². The zero-order valence-corrected chi connectivity index (χ0v) is 11.7. The van der Waals surface area contributed by atoms with Crippen LogP contribution in [0.3, 0.4) is 0 Å².